The standard InChI is InChI=1S/C9H12N2O2/c1-5(9(12)13)8-4-3-7(10)6(2)11-8/h3-5H,10H2,1-2H3,(H,12,13). The van der Waals surface area contributed by atoms with Crippen molar-refractivity contribution in [3.8, 4) is 0 Å². The second kappa shape index (κ2) is 3.43. The Morgan fingerprint density at radius 2 is 2.23 bits per heavy atom. The van der Waals surface area contributed by atoms with Crippen LogP contribution in [-0.2, 0) is 4.79 Å². The van der Waals surface area contributed by atoms with Crippen LogP contribution in [0.1, 0.15) is 24.2 Å². The third-order valence-corrected chi connectivity index (χ3v) is 1.96. The number of nitrogens with two attached hydrogens (primary N) is 1. The molecule has 13 heavy (non-hydrogen) atoms. The van der Waals surface area contributed by atoms with Gasteiger partial charge in [0, 0.05) is 0 Å². The molecule has 0 aliphatic carbocycles. The number of carboxylic acids is 1. The number of carboxylic acid groups (broad SMARTS) is 1. The maximum absolute atomic E-state index is 10.6. The summed E-state index contributed by atoms with van der Waals surface area (Å²) >= 11 is 0. The molecule has 0 spiro atoms. The van der Waals surface area contributed by atoms with Crippen LogP contribution < -0.4 is 5.73 Å². The van der Waals surface area contributed by atoms with Crippen molar-refractivity contribution in [3.63, 3.8) is 0 Å². The van der Waals surface area contributed by atoms with Crippen LogP contribution in [0.25, 0.3) is 0 Å². The van der Waals surface area contributed by atoms with E-state index < -0.39 is 11.9 Å². The Labute approximate surface area is 76.4 Å². The number of rotatable bonds is 2. The Balaban J connectivity index is 3.03. The molecule has 0 saturated carbocycles. The Bertz CT molecular complexity index is 336. The molecule has 0 amide bonds. The molecule has 70 valence electrons. The zero-order valence-electron chi connectivity index (χ0n) is 7.61. The van der Waals surface area contributed by atoms with Gasteiger partial charge in [-0.15, -0.1) is 0 Å². The van der Waals surface area contributed by atoms with Crippen molar-refractivity contribution in [2.75, 3.05) is 5.73 Å². The van der Waals surface area contributed by atoms with E-state index in [2.05, 4.69) is 4.98 Å². The van der Waals surface area contributed by atoms with Crippen LogP contribution in [0, 0.1) is 6.92 Å². The summed E-state index contributed by atoms with van der Waals surface area (Å²) in [5, 5.41) is 8.72. The van der Waals surface area contributed by atoms with E-state index in [0.29, 0.717) is 17.1 Å². The second-order valence-electron chi connectivity index (χ2n) is 2.97. The Morgan fingerprint density at radius 1 is 1.62 bits per heavy atom. The number of aryl methyl sites for hydroxylation is 1. The predicted octanol–water partition coefficient (Wildman–Crippen LogP) is 1.16. The van der Waals surface area contributed by atoms with Crippen molar-refractivity contribution in [1.82, 2.24) is 4.98 Å². The number of hydrogen-bond donors (Lipinski definition) is 2. The van der Waals surface area contributed by atoms with E-state index in [-0.39, 0.29) is 0 Å². The molecule has 0 aliphatic heterocycles. The third kappa shape index (κ3) is 1.96. The Kier molecular flexibility index (Phi) is 2.51. The molecular weight excluding hydrogens is 168 g/mol. The molecule has 4 heteroatoms. The quantitative estimate of drug-likeness (QED) is 0.716. The first kappa shape index (κ1) is 9.51. The molecule has 4 nitrogen and oxygen atoms in total. The van der Waals surface area contributed by atoms with E-state index in [1.165, 1.54) is 0 Å². The van der Waals surface area contributed by atoms with Gasteiger partial charge in [0.15, 0.2) is 0 Å². The van der Waals surface area contributed by atoms with Gasteiger partial charge in [0.25, 0.3) is 0 Å². The summed E-state index contributed by atoms with van der Waals surface area (Å²) in [5.74, 6) is -1.46. The maximum Gasteiger partial charge on any atom is 0.312 e. The largest absolute Gasteiger partial charge is 0.481 e. The molecule has 0 aromatic carbocycles. The van der Waals surface area contributed by atoms with Crippen LogP contribution in [0.15, 0.2) is 12.1 Å². The highest BCUT2D eigenvalue weighted by Crippen LogP contribution is 2.16. The van der Waals surface area contributed by atoms with E-state index >= 15 is 0 Å². The van der Waals surface area contributed by atoms with Gasteiger partial charge >= 0.3 is 5.97 Å². The zero-order valence-corrected chi connectivity index (χ0v) is 7.61. The summed E-state index contributed by atoms with van der Waals surface area (Å²) in [6, 6.07) is 3.32. The van der Waals surface area contributed by atoms with Crippen LogP contribution >= 0.6 is 0 Å². The number of nitrogen functional groups attached to an aromatic ring is 1. The lowest BCUT2D eigenvalue weighted by atomic mass is 10.1. The molecule has 0 saturated heterocycles. The van der Waals surface area contributed by atoms with Gasteiger partial charge in [-0.05, 0) is 26.0 Å². The molecule has 0 aliphatic rings. The van der Waals surface area contributed by atoms with Crippen molar-refractivity contribution < 1.29 is 9.90 Å². The topological polar surface area (TPSA) is 76.2 Å². The molecule has 1 atom stereocenters. The third-order valence-electron chi connectivity index (χ3n) is 1.96. The molecule has 3 N–H and O–H groups in total. The van der Waals surface area contributed by atoms with Gasteiger partial charge in [-0.3, -0.25) is 9.78 Å². The smallest absolute Gasteiger partial charge is 0.312 e. The minimum atomic E-state index is -0.878. The summed E-state index contributed by atoms with van der Waals surface area (Å²) in [7, 11) is 0. The van der Waals surface area contributed by atoms with Gasteiger partial charge in [-0.2, -0.15) is 0 Å². The number of aliphatic carboxylic acids is 1. The molecule has 0 radical (unpaired) electrons. The molecule has 1 unspecified atom stereocenters. The van der Waals surface area contributed by atoms with Crippen molar-refractivity contribution in [1.29, 1.82) is 0 Å². The summed E-state index contributed by atoms with van der Waals surface area (Å²) < 4.78 is 0. The minimum absolute atomic E-state index is 0.541. The van der Waals surface area contributed by atoms with E-state index in [9.17, 15) is 4.79 Å². The minimum Gasteiger partial charge on any atom is -0.481 e. The number of hydrogen-bond acceptors (Lipinski definition) is 3. The molecule has 0 bridgehead atoms. The van der Waals surface area contributed by atoms with E-state index in [0.717, 1.165) is 0 Å². The average Bonchev–Trinajstić information content (AvgIpc) is 2.08. The second-order valence-corrected chi connectivity index (χ2v) is 2.97. The van der Waals surface area contributed by atoms with Crippen molar-refractivity contribution >= 4 is 11.7 Å². The van der Waals surface area contributed by atoms with Crippen LogP contribution in [0.4, 0.5) is 5.69 Å². The fourth-order valence-corrected chi connectivity index (χ4v) is 0.959. The zero-order chi connectivity index (χ0) is 10.0. The first-order chi connectivity index (χ1) is 6.02. The van der Waals surface area contributed by atoms with Gasteiger partial charge < -0.3 is 10.8 Å². The van der Waals surface area contributed by atoms with Crippen LogP contribution in [-0.4, -0.2) is 16.1 Å². The van der Waals surface area contributed by atoms with E-state index in [1.807, 2.05) is 0 Å². The van der Waals surface area contributed by atoms with Gasteiger partial charge in [0.2, 0.25) is 0 Å². The highest BCUT2D eigenvalue weighted by Gasteiger charge is 2.15. The first-order valence-electron chi connectivity index (χ1n) is 3.98. The SMILES string of the molecule is Cc1nc(C(C)C(=O)O)ccc1N. The lowest BCUT2D eigenvalue weighted by Crippen LogP contribution is -2.10. The summed E-state index contributed by atoms with van der Waals surface area (Å²) in [6.07, 6.45) is 0. The summed E-state index contributed by atoms with van der Waals surface area (Å²) in [6.45, 7) is 3.35. The normalized spacial score (nSPS) is 12.5. The number of pyridine rings is 1. The van der Waals surface area contributed by atoms with E-state index in [1.54, 1.807) is 26.0 Å². The number of anilines is 1. The van der Waals surface area contributed by atoms with Crippen LogP contribution in [0.2, 0.25) is 0 Å². The number of aromatic nitrogens is 1. The maximum atomic E-state index is 10.6. The molecular formula is C9H12N2O2. The molecule has 1 rings (SSSR count). The predicted molar refractivity (Wildman–Crippen MR) is 49.4 cm³/mol. The summed E-state index contributed by atoms with van der Waals surface area (Å²) in [4.78, 5) is 14.7. The Hall–Kier alpha value is -1.58. The first-order valence-corrected chi connectivity index (χ1v) is 3.98. The Morgan fingerprint density at radius 3 is 2.69 bits per heavy atom. The van der Waals surface area contributed by atoms with Crippen LogP contribution in [0.3, 0.4) is 0 Å². The van der Waals surface area contributed by atoms with Gasteiger partial charge in [-0.25, -0.2) is 0 Å². The molecule has 0 fully saturated rings. The molecule has 1 heterocycles. The number of carbonyl (C=O) groups is 1. The van der Waals surface area contributed by atoms with Crippen molar-refractivity contribution in [2.24, 2.45) is 0 Å². The molecule has 1 aromatic rings. The van der Waals surface area contributed by atoms with Gasteiger partial charge in [0.05, 0.1) is 23.0 Å². The highest BCUT2D eigenvalue weighted by molar-refractivity contribution is 5.75. The van der Waals surface area contributed by atoms with Crippen LogP contribution in [0.5, 0.6) is 0 Å². The average molecular weight is 180 g/mol. The molecule has 1 aromatic heterocycles. The van der Waals surface area contributed by atoms with Gasteiger partial charge in [0.1, 0.15) is 0 Å². The highest BCUT2D eigenvalue weighted by atomic mass is 16.4. The van der Waals surface area contributed by atoms with E-state index in [4.69, 9.17) is 10.8 Å². The lowest BCUT2D eigenvalue weighted by Gasteiger charge is -2.07. The van der Waals surface area contributed by atoms with Crippen molar-refractivity contribution in [3.05, 3.63) is 23.5 Å². The van der Waals surface area contributed by atoms with Gasteiger partial charge in [-0.1, -0.05) is 0 Å². The monoisotopic (exact) mass is 180 g/mol. The lowest BCUT2D eigenvalue weighted by molar-refractivity contribution is -0.138. The fraction of sp³-hybridized carbons (Fsp3) is 0.333. The number of nitrogens with zero attached hydrogens (tertiary/aromatic N) is 1. The van der Waals surface area contributed by atoms with Crippen molar-refractivity contribution in [2.45, 2.75) is 19.8 Å². The fourth-order valence-electron chi connectivity index (χ4n) is 0.959. The summed E-state index contributed by atoms with van der Waals surface area (Å²) in [5.41, 5.74) is 7.35.